The molecule has 1 amide bonds. The van der Waals surface area contributed by atoms with Gasteiger partial charge < -0.3 is 4.90 Å². The lowest BCUT2D eigenvalue weighted by Crippen LogP contribution is -2.53. The molecule has 2 rings (SSSR count). The van der Waals surface area contributed by atoms with Crippen molar-refractivity contribution in [1.29, 1.82) is 0 Å². The maximum atomic E-state index is 12.1. The summed E-state index contributed by atoms with van der Waals surface area (Å²) in [5, 5.41) is 10.6. The van der Waals surface area contributed by atoms with Gasteiger partial charge in [-0.1, -0.05) is 12.1 Å². The maximum absolute atomic E-state index is 12.1. The third-order valence-corrected chi connectivity index (χ3v) is 3.57. The van der Waals surface area contributed by atoms with Crippen molar-refractivity contribution >= 4 is 11.6 Å². The van der Waals surface area contributed by atoms with E-state index >= 15 is 0 Å². The van der Waals surface area contributed by atoms with E-state index in [-0.39, 0.29) is 17.6 Å². The summed E-state index contributed by atoms with van der Waals surface area (Å²) < 4.78 is 0. The number of nitrogens with zero attached hydrogens (tertiary/aromatic N) is 3. The second-order valence-electron chi connectivity index (χ2n) is 4.84. The number of benzene rings is 1. The molecule has 1 saturated heterocycles. The Balaban J connectivity index is 2.05. The second-order valence-corrected chi connectivity index (χ2v) is 4.84. The summed E-state index contributed by atoms with van der Waals surface area (Å²) in [6.07, 6.45) is 0. The topological polar surface area (TPSA) is 66.7 Å². The van der Waals surface area contributed by atoms with Gasteiger partial charge in [0.1, 0.15) is 0 Å². The number of piperazine rings is 1. The van der Waals surface area contributed by atoms with Gasteiger partial charge in [0.25, 0.3) is 5.69 Å². The summed E-state index contributed by atoms with van der Waals surface area (Å²) in [6, 6.07) is 6.24. The highest BCUT2D eigenvalue weighted by Crippen LogP contribution is 2.16. The van der Waals surface area contributed by atoms with Crippen LogP contribution in [0.1, 0.15) is 12.5 Å². The number of carbonyl (C=O) groups excluding carboxylic acids is 1. The van der Waals surface area contributed by atoms with Crippen LogP contribution in [0.25, 0.3) is 0 Å². The smallest absolute Gasteiger partial charge is 0.269 e. The first kappa shape index (κ1) is 13.5. The van der Waals surface area contributed by atoms with Gasteiger partial charge in [0, 0.05) is 31.8 Å². The summed E-state index contributed by atoms with van der Waals surface area (Å²) in [5.41, 5.74) is 0.984. The summed E-state index contributed by atoms with van der Waals surface area (Å²) in [4.78, 5) is 26.1. The van der Waals surface area contributed by atoms with Gasteiger partial charge in [-0.15, -0.1) is 0 Å². The molecule has 102 valence electrons. The molecule has 1 aliphatic heterocycles. The number of nitro groups is 1. The summed E-state index contributed by atoms with van der Waals surface area (Å²) in [5.74, 6) is 0.104. The van der Waals surface area contributed by atoms with Crippen LogP contribution in [0.2, 0.25) is 0 Å². The molecule has 0 spiro atoms. The highest BCUT2D eigenvalue weighted by Gasteiger charge is 2.28. The normalized spacial score (nSPS) is 20.6. The number of rotatable bonds is 3. The van der Waals surface area contributed by atoms with Gasteiger partial charge in [0.05, 0.1) is 11.0 Å². The van der Waals surface area contributed by atoms with E-state index in [0.717, 1.165) is 12.1 Å². The Morgan fingerprint density at radius 3 is 2.53 bits per heavy atom. The predicted octanol–water partition coefficient (Wildman–Crippen LogP) is 1.26. The zero-order valence-electron chi connectivity index (χ0n) is 11.1. The maximum Gasteiger partial charge on any atom is 0.269 e. The van der Waals surface area contributed by atoms with E-state index in [1.54, 1.807) is 17.0 Å². The number of likely N-dealkylation sites (N-methyl/N-ethyl adjacent to an activating group) is 1. The minimum Gasteiger partial charge on any atom is -0.336 e. The second kappa shape index (κ2) is 5.36. The third kappa shape index (κ3) is 2.90. The molecule has 6 heteroatoms. The molecule has 0 bridgehead atoms. The molecule has 1 aliphatic rings. The Labute approximate surface area is 111 Å². The van der Waals surface area contributed by atoms with Gasteiger partial charge in [0.15, 0.2) is 0 Å². The average molecular weight is 263 g/mol. The quantitative estimate of drug-likeness (QED) is 0.608. The van der Waals surface area contributed by atoms with Crippen LogP contribution in [-0.4, -0.2) is 46.8 Å². The largest absolute Gasteiger partial charge is 0.336 e. The molecule has 0 aromatic heterocycles. The van der Waals surface area contributed by atoms with Crippen LogP contribution >= 0.6 is 0 Å². The first-order valence-corrected chi connectivity index (χ1v) is 6.21. The standard InChI is InChI=1S/C13H17N3O3/c1-10-13(17)15(8-7-14(10)2)9-11-3-5-12(6-4-11)16(18)19/h3-6,10H,7-9H2,1-2H3. The van der Waals surface area contributed by atoms with E-state index in [2.05, 4.69) is 0 Å². The van der Waals surface area contributed by atoms with Crippen molar-refractivity contribution in [3.8, 4) is 0 Å². The molecule has 19 heavy (non-hydrogen) atoms. The van der Waals surface area contributed by atoms with Crippen molar-refractivity contribution in [3.05, 3.63) is 39.9 Å². The minimum absolute atomic E-state index is 0.0711. The highest BCUT2D eigenvalue weighted by molar-refractivity contribution is 5.82. The Morgan fingerprint density at radius 2 is 1.95 bits per heavy atom. The highest BCUT2D eigenvalue weighted by atomic mass is 16.6. The first-order valence-electron chi connectivity index (χ1n) is 6.21. The number of hydrogen-bond donors (Lipinski definition) is 0. The van der Waals surface area contributed by atoms with Crippen LogP contribution < -0.4 is 0 Å². The van der Waals surface area contributed by atoms with E-state index < -0.39 is 4.92 Å². The van der Waals surface area contributed by atoms with Crippen molar-refractivity contribution in [2.24, 2.45) is 0 Å². The molecular formula is C13H17N3O3. The van der Waals surface area contributed by atoms with E-state index in [4.69, 9.17) is 0 Å². The lowest BCUT2D eigenvalue weighted by atomic mass is 10.1. The molecule has 0 N–H and O–H groups in total. The van der Waals surface area contributed by atoms with Crippen molar-refractivity contribution in [1.82, 2.24) is 9.80 Å². The number of amides is 1. The van der Waals surface area contributed by atoms with Crippen LogP contribution in [-0.2, 0) is 11.3 Å². The Kier molecular flexibility index (Phi) is 3.80. The van der Waals surface area contributed by atoms with Crippen LogP contribution in [0.3, 0.4) is 0 Å². The number of nitro benzene ring substituents is 1. The molecule has 1 fully saturated rings. The summed E-state index contributed by atoms with van der Waals surface area (Å²) >= 11 is 0. The van der Waals surface area contributed by atoms with Crippen molar-refractivity contribution < 1.29 is 9.72 Å². The average Bonchev–Trinajstić information content (AvgIpc) is 2.40. The Hall–Kier alpha value is -1.95. The van der Waals surface area contributed by atoms with Crippen LogP contribution in [0, 0.1) is 10.1 Å². The molecule has 1 unspecified atom stereocenters. The van der Waals surface area contributed by atoms with Crippen LogP contribution in [0.4, 0.5) is 5.69 Å². The molecule has 1 aromatic rings. The van der Waals surface area contributed by atoms with Crippen LogP contribution in [0.15, 0.2) is 24.3 Å². The van der Waals surface area contributed by atoms with Crippen LogP contribution in [0.5, 0.6) is 0 Å². The SMILES string of the molecule is CC1C(=O)N(Cc2ccc([N+](=O)[O-])cc2)CCN1C. The zero-order chi connectivity index (χ0) is 14.0. The van der Waals surface area contributed by atoms with Crippen molar-refractivity contribution in [2.45, 2.75) is 19.5 Å². The van der Waals surface area contributed by atoms with E-state index in [0.29, 0.717) is 13.1 Å². The van der Waals surface area contributed by atoms with E-state index in [9.17, 15) is 14.9 Å². The van der Waals surface area contributed by atoms with Gasteiger partial charge in [-0.2, -0.15) is 0 Å². The fourth-order valence-electron chi connectivity index (χ4n) is 2.14. The van der Waals surface area contributed by atoms with E-state index in [1.807, 2.05) is 18.9 Å². The van der Waals surface area contributed by atoms with Gasteiger partial charge in [0.2, 0.25) is 5.91 Å². The van der Waals surface area contributed by atoms with Gasteiger partial charge in [-0.25, -0.2) is 0 Å². The molecule has 1 aromatic carbocycles. The lowest BCUT2D eigenvalue weighted by Gasteiger charge is -2.37. The molecular weight excluding hydrogens is 246 g/mol. The zero-order valence-corrected chi connectivity index (χ0v) is 11.1. The fraction of sp³-hybridized carbons (Fsp3) is 0.462. The van der Waals surface area contributed by atoms with Crippen molar-refractivity contribution in [2.75, 3.05) is 20.1 Å². The Morgan fingerprint density at radius 1 is 1.32 bits per heavy atom. The molecule has 0 radical (unpaired) electrons. The Bertz CT molecular complexity index is 486. The third-order valence-electron chi connectivity index (χ3n) is 3.57. The molecule has 1 atom stereocenters. The van der Waals surface area contributed by atoms with E-state index in [1.165, 1.54) is 12.1 Å². The monoisotopic (exact) mass is 263 g/mol. The molecule has 1 heterocycles. The van der Waals surface area contributed by atoms with Gasteiger partial charge >= 0.3 is 0 Å². The van der Waals surface area contributed by atoms with Gasteiger partial charge in [-0.3, -0.25) is 19.8 Å². The molecule has 6 nitrogen and oxygen atoms in total. The molecule has 0 aliphatic carbocycles. The van der Waals surface area contributed by atoms with Gasteiger partial charge in [-0.05, 0) is 19.5 Å². The number of non-ortho nitro benzene ring substituents is 1. The minimum atomic E-state index is -0.424. The molecule has 0 saturated carbocycles. The number of hydrogen-bond acceptors (Lipinski definition) is 4. The fourth-order valence-corrected chi connectivity index (χ4v) is 2.14. The predicted molar refractivity (Wildman–Crippen MR) is 70.6 cm³/mol. The number of carbonyl (C=O) groups is 1. The first-order chi connectivity index (χ1) is 8.99. The summed E-state index contributed by atoms with van der Waals surface area (Å²) in [7, 11) is 1.94. The summed E-state index contributed by atoms with van der Waals surface area (Å²) in [6.45, 7) is 3.94. The van der Waals surface area contributed by atoms with Crippen molar-refractivity contribution in [3.63, 3.8) is 0 Å². The lowest BCUT2D eigenvalue weighted by molar-refractivity contribution is -0.384.